The number of H-pyrrole nitrogens is 1. The van der Waals surface area contributed by atoms with Gasteiger partial charge in [-0.05, 0) is 24.1 Å². The summed E-state index contributed by atoms with van der Waals surface area (Å²) in [5, 5.41) is 4.77. The maximum Gasteiger partial charge on any atom is 0.0477 e. The SMILES string of the molecule is c1cc2c3c(c[nH]c3c1)CCN2. The van der Waals surface area contributed by atoms with Crippen LogP contribution >= 0.6 is 0 Å². The van der Waals surface area contributed by atoms with Crippen LogP contribution < -0.4 is 5.32 Å². The quantitative estimate of drug-likeness (QED) is 0.604. The predicted molar refractivity (Wildman–Crippen MR) is 50.5 cm³/mol. The van der Waals surface area contributed by atoms with E-state index in [2.05, 4.69) is 34.7 Å². The van der Waals surface area contributed by atoms with Crippen LogP contribution in [0.4, 0.5) is 5.69 Å². The zero-order chi connectivity index (χ0) is 7.97. The molecule has 0 amide bonds. The molecule has 2 nitrogen and oxygen atoms in total. The summed E-state index contributed by atoms with van der Waals surface area (Å²) in [6.45, 7) is 1.06. The van der Waals surface area contributed by atoms with Gasteiger partial charge in [-0.25, -0.2) is 0 Å². The number of rotatable bonds is 0. The predicted octanol–water partition coefficient (Wildman–Crippen LogP) is 2.14. The van der Waals surface area contributed by atoms with Crippen molar-refractivity contribution < 1.29 is 0 Å². The van der Waals surface area contributed by atoms with Crippen LogP contribution in [-0.2, 0) is 6.42 Å². The summed E-state index contributed by atoms with van der Waals surface area (Å²) in [4.78, 5) is 3.28. The van der Waals surface area contributed by atoms with Crippen LogP contribution in [-0.4, -0.2) is 11.5 Å². The van der Waals surface area contributed by atoms with Gasteiger partial charge in [-0.1, -0.05) is 6.07 Å². The third kappa shape index (κ3) is 0.644. The van der Waals surface area contributed by atoms with Gasteiger partial charge in [0.05, 0.1) is 0 Å². The van der Waals surface area contributed by atoms with Gasteiger partial charge in [-0.15, -0.1) is 0 Å². The molecule has 12 heavy (non-hydrogen) atoms. The normalized spacial score (nSPS) is 14.7. The molecule has 2 heterocycles. The number of benzene rings is 1. The average molecular weight is 158 g/mol. The largest absolute Gasteiger partial charge is 0.384 e. The molecule has 60 valence electrons. The van der Waals surface area contributed by atoms with Crippen molar-refractivity contribution >= 4 is 16.6 Å². The lowest BCUT2D eigenvalue weighted by Crippen LogP contribution is -2.09. The minimum Gasteiger partial charge on any atom is -0.384 e. The summed E-state index contributed by atoms with van der Waals surface area (Å²) >= 11 is 0. The smallest absolute Gasteiger partial charge is 0.0477 e. The standard InChI is InChI=1S/C10H10N2/c1-2-8-10-7(4-5-11-8)6-12-9(10)3-1/h1-3,6,11-12H,4-5H2. The molecule has 2 N–H and O–H groups in total. The topological polar surface area (TPSA) is 27.8 Å². The molecule has 1 aromatic heterocycles. The molecule has 0 saturated heterocycles. The Bertz CT molecular complexity index is 428. The minimum absolute atomic E-state index is 1.06. The lowest BCUT2D eigenvalue weighted by atomic mass is 10.1. The van der Waals surface area contributed by atoms with E-state index in [4.69, 9.17) is 0 Å². The van der Waals surface area contributed by atoms with E-state index in [1.165, 1.54) is 22.2 Å². The van der Waals surface area contributed by atoms with Gasteiger partial charge in [-0.2, -0.15) is 0 Å². The van der Waals surface area contributed by atoms with E-state index in [0.29, 0.717) is 0 Å². The van der Waals surface area contributed by atoms with Crippen molar-refractivity contribution in [2.45, 2.75) is 6.42 Å². The number of nitrogens with one attached hydrogen (secondary N) is 2. The summed E-state index contributed by atoms with van der Waals surface area (Å²) < 4.78 is 0. The van der Waals surface area contributed by atoms with E-state index in [-0.39, 0.29) is 0 Å². The van der Waals surface area contributed by atoms with Crippen molar-refractivity contribution in [1.29, 1.82) is 0 Å². The van der Waals surface area contributed by atoms with Gasteiger partial charge in [0.2, 0.25) is 0 Å². The Labute approximate surface area is 70.6 Å². The van der Waals surface area contributed by atoms with Crippen molar-refractivity contribution in [3.05, 3.63) is 30.0 Å². The second-order valence-corrected chi connectivity index (χ2v) is 3.22. The van der Waals surface area contributed by atoms with Crippen molar-refractivity contribution in [2.24, 2.45) is 0 Å². The van der Waals surface area contributed by atoms with E-state index >= 15 is 0 Å². The van der Waals surface area contributed by atoms with Crippen LogP contribution in [0.1, 0.15) is 5.56 Å². The summed E-state index contributed by atoms with van der Waals surface area (Å²) in [5.41, 5.74) is 3.96. The molecule has 0 bridgehead atoms. The number of anilines is 1. The lowest BCUT2D eigenvalue weighted by molar-refractivity contribution is 1.01. The fourth-order valence-electron chi connectivity index (χ4n) is 1.93. The Morgan fingerprint density at radius 1 is 1.25 bits per heavy atom. The second kappa shape index (κ2) is 2.03. The van der Waals surface area contributed by atoms with Gasteiger partial charge in [0.25, 0.3) is 0 Å². The first-order chi connectivity index (χ1) is 5.95. The number of hydrogen-bond donors (Lipinski definition) is 2. The molecule has 0 unspecified atom stereocenters. The van der Waals surface area contributed by atoms with Crippen molar-refractivity contribution in [1.82, 2.24) is 4.98 Å². The van der Waals surface area contributed by atoms with E-state index in [1.54, 1.807) is 0 Å². The molecule has 1 aliphatic rings. The Hall–Kier alpha value is -1.44. The Morgan fingerprint density at radius 3 is 3.25 bits per heavy atom. The minimum atomic E-state index is 1.06. The average Bonchev–Trinajstić information content (AvgIpc) is 2.52. The molecular formula is C10H10N2. The van der Waals surface area contributed by atoms with Crippen LogP contribution in [0.5, 0.6) is 0 Å². The zero-order valence-electron chi connectivity index (χ0n) is 6.72. The summed E-state index contributed by atoms with van der Waals surface area (Å²) in [6.07, 6.45) is 3.26. The molecule has 0 aliphatic carbocycles. The van der Waals surface area contributed by atoms with Gasteiger partial charge in [0, 0.05) is 29.3 Å². The second-order valence-electron chi connectivity index (χ2n) is 3.22. The molecular weight excluding hydrogens is 148 g/mol. The number of hydrogen-bond acceptors (Lipinski definition) is 1. The van der Waals surface area contributed by atoms with Crippen LogP contribution in [0, 0.1) is 0 Å². The Balaban J connectivity index is 2.50. The van der Waals surface area contributed by atoms with E-state index in [9.17, 15) is 0 Å². The summed E-state index contributed by atoms with van der Waals surface area (Å²) in [7, 11) is 0. The van der Waals surface area contributed by atoms with Crippen LogP contribution in [0.15, 0.2) is 24.4 Å². The molecule has 0 spiro atoms. The monoisotopic (exact) mass is 158 g/mol. The van der Waals surface area contributed by atoms with E-state index in [0.717, 1.165) is 13.0 Å². The first kappa shape index (κ1) is 6.12. The fourth-order valence-corrected chi connectivity index (χ4v) is 1.93. The molecule has 0 fully saturated rings. The van der Waals surface area contributed by atoms with Gasteiger partial charge < -0.3 is 10.3 Å². The molecule has 3 rings (SSSR count). The molecule has 2 heteroatoms. The summed E-state index contributed by atoms with van der Waals surface area (Å²) in [5.74, 6) is 0. The van der Waals surface area contributed by atoms with Crippen LogP contribution in [0.2, 0.25) is 0 Å². The van der Waals surface area contributed by atoms with Gasteiger partial charge in [-0.3, -0.25) is 0 Å². The van der Waals surface area contributed by atoms with Crippen molar-refractivity contribution in [3.8, 4) is 0 Å². The fraction of sp³-hybridized carbons (Fsp3) is 0.200. The lowest BCUT2D eigenvalue weighted by Gasteiger charge is -2.13. The van der Waals surface area contributed by atoms with Crippen molar-refractivity contribution in [3.63, 3.8) is 0 Å². The van der Waals surface area contributed by atoms with E-state index < -0.39 is 0 Å². The molecule has 1 aliphatic heterocycles. The highest BCUT2D eigenvalue weighted by molar-refractivity contribution is 5.95. The number of aromatic nitrogens is 1. The molecule has 1 aromatic carbocycles. The third-order valence-electron chi connectivity index (χ3n) is 2.50. The molecule has 0 radical (unpaired) electrons. The zero-order valence-corrected chi connectivity index (χ0v) is 6.72. The summed E-state index contributed by atoms with van der Waals surface area (Å²) in [6, 6.07) is 6.34. The highest BCUT2D eigenvalue weighted by Gasteiger charge is 2.11. The van der Waals surface area contributed by atoms with Crippen molar-refractivity contribution in [2.75, 3.05) is 11.9 Å². The third-order valence-corrected chi connectivity index (χ3v) is 2.50. The molecule has 0 atom stereocenters. The maximum atomic E-state index is 3.39. The highest BCUT2D eigenvalue weighted by Crippen LogP contribution is 2.29. The molecule has 2 aromatic rings. The number of aromatic amines is 1. The molecule has 0 saturated carbocycles. The Morgan fingerprint density at radius 2 is 2.25 bits per heavy atom. The maximum absolute atomic E-state index is 3.39. The first-order valence-corrected chi connectivity index (χ1v) is 4.28. The Kier molecular flexibility index (Phi) is 1.04. The van der Waals surface area contributed by atoms with E-state index in [1.807, 2.05) is 0 Å². The first-order valence-electron chi connectivity index (χ1n) is 4.28. The van der Waals surface area contributed by atoms with Gasteiger partial charge in [0.15, 0.2) is 0 Å². The van der Waals surface area contributed by atoms with Gasteiger partial charge >= 0.3 is 0 Å². The van der Waals surface area contributed by atoms with Gasteiger partial charge in [0.1, 0.15) is 0 Å². The van der Waals surface area contributed by atoms with Crippen LogP contribution in [0.3, 0.4) is 0 Å². The highest BCUT2D eigenvalue weighted by atomic mass is 14.9. The van der Waals surface area contributed by atoms with Crippen LogP contribution in [0.25, 0.3) is 10.9 Å².